The van der Waals surface area contributed by atoms with Crippen molar-refractivity contribution in [1.82, 2.24) is 0 Å². The fourth-order valence-electron chi connectivity index (χ4n) is 1.37. The Morgan fingerprint density at radius 3 is 2.58 bits per heavy atom. The molecule has 1 aliphatic rings. The smallest absolute Gasteiger partial charge is 0.126 e. The quantitative estimate of drug-likeness (QED) is 0.681. The first kappa shape index (κ1) is 7.68. The highest BCUT2D eigenvalue weighted by Gasteiger charge is 2.36. The highest BCUT2D eigenvalue weighted by Crippen LogP contribution is 2.40. The molecule has 0 aromatic heterocycles. The van der Waals surface area contributed by atoms with E-state index >= 15 is 0 Å². The van der Waals surface area contributed by atoms with Crippen molar-refractivity contribution in [2.24, 2.45) is 5.73 Å². The van der Waals surface area contributed by atoms with E-state index in [0.717, 1.165) is 18.6 Å². The van der Waals surface area contributed by atoms with Crippen LogP contribution in [0.5, 0.6) is 0 Å². The number of hydrogen-bond acceptors (Lipinski definition) is 1. The minimum absolute atomic E-state index is 0.0151. The maximum Gasteiger partial charge on any atom is 0.126 e. The molecule has 12 heavy (non-hydrogen) atoms. The van der Waals surface area contributed by atoms with Gasteiger partial charge >= 0.3 is 0 Å². The Bertz CT molecular complexity index is 311. The van der Waals surface area contributed by atoms with Gasteiger partial charge in [0.05, 0.1) is 0 Å². The summed E-state index contributed by atoms with van der Waals surface area (Å²) in [7, 11) is 0. The molecule has 2 N–H and O–H groups in total. The van der Waals surface area contributed by atoms with Crippen LogP contribution in [0.2, 0.25) is 0 Å². The van der Waals surface area contributed by atoms with Gasteiger partial charge in [-0.1, -0.05) is 0 Å². The number of nitrogens with two attached hydrogens (primary N) is 1. The van der Waals surface area contributed by atoms with Crippen LogP contribution in [-0.4, -0.2) is 6.04 Å². The predicted octanol–water partition coefficient (Wildman–Crippen LogP) is 1.78. The van der Waals surface area contributed by atoms with E-state index < -0.39 is 5.82 Å². The zero-order chi connectivity index (χ0) is 8.72. The van der Waals surface area contributed by atoms with Crippen LogP contribution < -0.4 is 5.73 Å². The van der Waals surface area contributed by atoms with E-state index in [9.17, 15) is 8.78 Å². The van der Waals surface area contributed by atoms with E-state index in [1.165, 1.54) is 6.07 Å². The van der Waals surface area contributed by atoms with Crippen LogP contribution in [0, 0.1) is 11.6 Å². The molecule has 0 spiro atoms. The highest BCUT2D eigenvalue weighted by atomic mass is 19.1. The maximum absolute atomic E-state index is 13.0. The SMILES string of the molecule is NC1CC1c1cc(F)ccc1F. The number of benzene rings is 1. The molecule has 0 bridgehead atoms. The molecule has 1 aliphatic carbocycles. The molecule has 1 nitrogen and oxygen atoms in total. The zero-order valence-corrected chi connectivity index (χ0v) is 6.43. The molecule has 2 rings (SSSR count). The van der Waals surface area contributed by atoms with Crippen molar-refractivity contribution in [3.05, 3.63) is 35.4 Å². The van der Waals surface area contributed by atoms with Gasteiger partial charge < -0.3 is 5.73 Å². The first-order chi connectivity index (χ1) is 5.68. The van der Waals surface area contributed by atoms with Gasteiger partial charge in [0.1, 0.15) is 11.6 Å². The summed E-state index contributed by atoms with van der Waals surface area (Å²) >= 11 is 0. The van der Waals surface area contributed by atoms with Crippen molar-refractivity contribution in [2.75, 3.05) is 0 Å². The Kier molecular flexibility index (Phi) is 1.61. The van der Waals surface area contributed by atoms with Crippen molar-refractivity contribution in [3.8, 4) is 0 Å². The molecule has 3 heteroatoms. The van der Waals surface area contributed by atoms with E-state index in [1.54, 1.807) is 0 Å². The molecule has 2 atom stereocenters. The van der Waals surface area contributed by atoms with E-state index in [0.29, 0.717) is 5.56 Å². The summed E-state index contributed by atoms with van der Waals surface area (Å²) in [5, 5.41) is 0. The summed E-state index contributed by atoms with van der Waals surface area (Å²) < 4.78 is 25.7. The van der Waals surface area contributed by atoms with E-state index in [1.807, 2.05) is 0 Å². The molecule has 64 valence electrons. The van der Waals surface area contributed by atoms with Gasteiger partial charge in [-0.25, -0.2) is 8.78 Å². The fraction of sp³-hybridized carbons (Fsp3) is 0.333. The first-order valence-electron chi connectivity index (χ1n) is 3.89. The van der Waals surface area contributed by atoms with E-state index in [4.69, 9.17) is 5.73 Å². The van der Waals surface area contributed by atoms with E-state index in [-0.39, 0.29) is 17.8 Å². The van der Waals surface area contributed by atoms with Crippen molar-refractivity contribution < 1.29 is 8.78 Å². The van der Waals surface area contributed by atoms with Gasteiger partial charge in [-0.3, -0.25) is 0 Å². The third-order valence-electron chi connectivity index (χ3n) is 2.20. The molecule has 0 heterocycles. The van der Waals surface area contributed by atoms with Crippen LogP contribution in [0.1, 0.15) is 17.9 Å². The Morgan fingerprint density at radius 2 is 2.00 bits per heavy atom. The average Bonchev–Trinajstić information content (AvgIpc) is 2.73. The minimum Gasteiger partial charge on any atom is -0.327 e. The fourth-order valence-corrected chi connectivity index (χ4v) is 1.37. The van der Waals surface area contributed by atoms with Gasteiger partial charge in [-0.15, -0.1) is 0 Å². The molecule has 0 amide bonds. The van der Waals surface area contributed by atoms with Crippen molar-refractivity contribution in [2.45, 2.75) is 18.4 Å². The first-order valence-corrected chi connectivity index (χ1v) is 3.89. The normalized spacial score (nSPS) is 27.2. The maximum atomic E-state index is 13.0. The molecule has 1 aromatic carbocycles. The molecule has 1 aromatic rings. The summed E-state index contributed by atoms with van der Waals surface area (Å²) in [6.07, 6.45) is 0.764. The molecular weight excluding hydrogens is 160 g/mol. The molecule has 2 unspecified atom stereocenters. The molecule has 0 radical (unpaired) electrons. The Labute approximate surface area is 69.2 Å². The molecule has 1 fully saturated rings. The van der Waals surface area contributed by atoms with Crippen LogP contribution in [0.3, 0.4) is 0 Å². The van der Waals surface area contributed by atoms with Gasteiger partial charge in [0.25, 0.3) is 0 Å². The lowest BCUT2D eigenvalue weighted by atomic mass is 10.1. The summed E-state index contributed by atoms with van der Waals surface area (Å²) in [4.78, 5) is 0. The monoisotopic (exact) mass is 169 g/mol. The van der Waals surface area contributed by atoms with Crippen LogP contribution in [0.25, 0.3) is 0 Å². The minimum atomic E-state index is -0.398. The van der Waals surface area contributed by atoms with Crippen molar-refractivity contribution in [1.29, 1.82) is 0 Å². The van der Waals surface area contributed by atoms with Gasteiger partial charge in [0, 0.05) is 12.0 Å². The topological polar surface area (TPSA) is 26.0 Å². The summed E-state index contributed by atoms with van der Waals surface area (Å²) in [5.41, 5.74) is 5.95. The van der Waals surface area contributed by atoms with Crippen LogP contribution in [0.15, 0.2) is 18.2 Å². The molecular formula is C9H9F2N. The number of rotatable bonds is 1. The van der Waals surface area contributed by atoms with Gasteiger partial charge in [0.2, 0.25) is 0 Å². The van der Waals surface area contributed by atoms with Crippen LogP contribution in [0.4, 0.5) is 8.78 Å². The van der Waals surface area contributed by atoms with Crippen LogP contribution >= 0.6 is 0 Å². The lowest BCUT2D eigenvalue weighted by molar-refractivity contribution is 0.584. The predicted molar refractivity (Wildman–Crippen MR) is 41.7 cm³/mol. The summed E-state index contributed by atoms with van der Waals surface area (Å²) in [6, 6.07) is 3.51. The van der Waals surface area contributed by atoms with Gasteiger partial charge in [-0.05, 0) is 30.2 Å². The van der Waals surface area contributed by atoms with Gasteiger partial charge in [-0.2, -0.15) is 0 Å². The van der Waals surface area contributed by atoms with Crippen molar-refractivity contribution >= 4 is 0 Å². The summed E-state index contributed by atoms with van der Waals surface area (Å²) in [5.74, 6) is -0.722. The van der Waals surface area contributed by atoms with Gasteiger partial charge in [0.15, 0.2) is 0 Å². The highest BCUT2D eigenvalue weighted by molar-refractivity contribution is 5.29. The Balaban J connectivity index is 2.36. The second-order valence-corrected chi connectivity index (χ2v) is 3.17. The standard InChI is InChI=1S/C9H9F2N/c10-5-1-2-8(11)6(3-5)7-4-9(7)12/h1-3,7,9H,4,12H2. The lowest BCUT2D eigenvalue weighted by Gasteiger charge is -2.00. The second-order valence-electron chi connectivity index (χ2n) is 3.17. The Morgan fingerprint density at radius 1 is 1.33 bits per heavy atom. The van der Waals surface area contributed by atoms with Crippen LogP contribution in [-0.2, 0) is 0 Å². The third-order valence-corrected chi connectivity index (χ3v) is 2.20. The largest absolute Gasteiger partial charge is 0.327 e. The van der Waals surface area contributed by atoms with E-state index in [2.05, 4.69) is 0 Å². The molecule has 0 aliphatic heterocycles. The number of halogens is 2. The molecule has 1 saturated carbocycles. The summed E-state index contributed by atoms with van der Waals surface area (Å²) in [6.45, 7) is 0. The van der Waals surface area contributed by atoms with Crippen molar-refractivity contribution in [3.63, 3.8) is 0 Å². The number of hydrogen-bond donors (Lipinski definition) is 1. The Hall–Kier alpha value is -0.960. The lowest BCUT2D eigenvalue weighted by Crippen LogP contribution is -2.02. The molecule has 0 saturated heterocycles. The zero-order valence-electron chi connectivity index (χ0n) is 6.43. The second kappa shape index (κ2) is 2.52. The average molecular weight is 169 g/mol. The third kappa shape index (κ3) is 1.20.